The van der Waals surface area contributed by atoms with Crippen LogP contribution < -0.4 is 21.0 Å². The molecule has 4 N–H and O–H groups in total. The summed E-state index contributed by atoms with van der Waals surface area (Å²) < 4.78 is 48.3. The van der Waals surface area contributed by atoms with Crippen LogP contribution in [0.4, 0.5) is 0 Å². The van der Waals surface area contributed by atoms with Crippen molar-refractivity contribution in [3.8, 4) is 0 Å². The van der Waals surface area contributed by atoms with Gasteiger partial charge in [-0.3, -0.25) is 32.8 Å². The molecular weight excluding hydrogens is 534 g/mol. The minimum absolute atomic E-state index is 0.170. The highest BCUT2D eigenvalue weighted by molar-refractivity contribution is 7.59. The molecule has 2 fully saturated rings. The third-order valence-corrected chi connectivity index (χ3v) is 7.90. The van der Waals surface area contributed by atoms with Gasteiger partial charge in [-0.05, 0) is 20.8 Å². The van der Waals surface area contributed by atoms with Crippen molar-refractivity contribution in [2.45, 2.75) is 69.7 Å². The molecule has 3 heterocycles. The second-order valence-electron chi connectivity index (χ2n) is 8.58. The van der Waals surface area contributed by atoms with Gasteiger partial charge in [0, 0.05) is 18.2 Å². The van der Waals surface area contributed by atoms with Crippen LogP contribution in [0.2, 0.25) is 0 Å². The minimum Gasteiger partial charge on any atom is -0.756 e. The predicted molar refractivity (Wildman–Crippen MR) is 110 cm³/mol. The van der Waals surface area contributed by atoms with Crippen molar-refractivity contribution >= 4 is 21.4 Å². The van der Waals surface area contributed by atoms with Crippen LogP contribution in [0.1, 0.15) is 32.1 Å². The van der Waals surface area contributed by atoms with Crippen LogP contribution in [-0.2, 0) is 36.8 Å². The molecule has 0 bridgehead atoms. The maximum absolute atomic E-state index is 12.1. The summed E-state index contributed by atoms with van der Waals surface area (Å²) in [6.07, 6.45) is -9.25. The zero-order valence-corrected chi connectivity index (χ0v) is 20.8. The van der Waals surface area contributed by atoms with Gasteiger partial charge < -0.3 is 39.1 Å². The fourth-order valence-electron chi connectivity index (χ4n) is 3.46. The molecule has 2 saturated heterocycles. The van der Waals surface area contributed by atoms with Crippen LogP contribution in [0.15, 0.2) is 15.8 Å². The Kier molecular flexibility index (Phi) is 8.28. The molecule has 19 heteroatoms. The van der Waals surface area contributed by atoms with E-state index in [0.29, 0.717) is 0 Å². The zero-order valence-electron chi connectivity index (χ0n) is 19.0. The van der Waals surface area contributed by atoms with Crippen molar-refractivity contribution in [2.24, 2.45) is 0 Å². The number of Topliss-reactive ketones (excluding diaryl/α,β-unsaturated/α-hetero) is 1. The monoisotopic (exact) mass is 558 g/mol. The van der Waals surface area contributed by atoms with Crippen molar-refractivity contribution in [3.05, 3.63) is 32.6 Å². The Labute approximate surface area is 202 Å². The predicted octanol–water partition coefficient (Wildman–Crippen LogP) is -3.09. The first-order chi connectivity index (χ1) is 16.4. The quantitative estimate of drug-likeness (QED) is 0.230. The van der Waals surface area contributed by atoms with Crippen molar-refractivity contribution in [1.29, 1.82) is 0 Å². The summed E-state index contributed by atoms with van der Waals surface area (Å²) in [4.78, 5) is 61.5. The van der Waals surface area contributed by atoms with Gasteiger partial charge in [-0.25, -0.2) is 9.11 Å². The molecule has 3 rings (SSSR count). The van der Waals surface area contributed by atoms with Gasteiger partial charge in [0.1, 0.15) is 30.1 Å². The van der Waals surface area contributed by atoms with E-state index in [1.807, 2.05) is 4.98 Å². The first-order valence-electron chi connectivity index (χ1n) is 10.3. The molecule has 2 aliphatic rings. The number of hydrogen-bond acceptors (Lipinski definition) is 15. The zero-order chi connectivity index (χ0) is 27.2. The number of aliphatic hydroxyl groups is 3. The van der Waals surface area contributed by atoms with Gasteiger partial charge in [0.15, 0.2) is 12.1 Å². The molecule has 0 saturated carbocycles. The number of nitrogens with zero attached hydrogens (tertiary/aromatic N) is 1. The normalized spacial score (nSPS) is 33.7. The van der Waals surface area contributed by atoms with Crippen molar-refractivity contribution in [3.63, 3.8) is 0 Å². The number of ether oxygens (including phenoxy) is 2. The van der Waals surface area contributed by atoms with Crippen LogP contribution in [0.3, 0.4) is 0 Å². The smallest absolute Gasteiger partial charge is 0.330 e. The highest BCUT2D eigenvalue weighted by Crippen LogP contribution is 2.57. The molecule has 204 valence electrons. The molecule has 8 atom stereocenters. The second-order valence-corrected chi connectivity index (χ2v) is 11.5. The topological polar surface area (TPSA) is 259 Å². The van der Waals surface area contributed by atoms with Gasteiger partial charge in [0.05, 0.1) is 12.7 Å². The van der Waals surface area contributed by atoms with Gasteiger partial charge in [-0.1, -0.05) is 0 Å². The van der Waals surface area contributed by atoms with Crippen LogP contribution in [-0.4, -0.2) is 73.6 Å². The number of phosphoric acid groups is 2. The molecule has 0 aromatic carbocycles. The minimum atomic E-state index is -5.82. The maximum atomic E-state index is 12.1. The molecule has 17 nitrogen and oxygen atoms in total. The fraction of sp³-hybridized carbons (Fsp3) is 0.706. The van der Waals surface area contributed by atoms with Gasteiger partial charge in [-0.15, -0.1) is 0 Å². The van der Waals surface area contributed by atoms with E-state index >= 15 is 0 Å². The summed E-state index contributed by atoms with van der Waals surface area (Å²) in [6, 6.07) is 0. The van der Waals surface area contributed by atoms with Crippen molar-refractivity contribution in [1.82, 2.24) is 9.55 Å². The van der Waals surface area contributed by atoms with Gasteiger partial charge in [0.25, 0.3) is 21.2 Å². The highest BCUT2D eigenvalue weighted by atomic mass is 31.3. The van der Waals surface area contributed by atoms with E-state index in [-0.39, 0.29) is 12.0 Å². The van der Waals surface area contributed by atoms with E-state index in [1.54, 1.807) is 0 Å². The van der Waals surface area contributed by atoms with Crippen LogP contribution in [0, 0.1) is 6.92 Å². The number of aromatic amines is 1. The van der Waals surface area contributed by atoms with E-state index in [2.05, 4.69) is 13.4 Å². The van der Waals surface area contributed by atoms with E-state index in [9.17, 15) is 48.6 Å². The molecule has 0 radical (unpaired) electrons. The van der Waals surface area contributed by atoms with Gasteiger partial charge >= 0.3 is 5.69 Å². The molecule has 2 unspecified atom stereocenters. The number of rotatable bonds is 8. The molecular formula is C17H24N2O15P2-2. The van der Waals surface area contributed by atoms with Crippen LogP contribution in [0.25, 0.3) is 0 Å². The number of ketones is 1. The van der Waals surface area contributed by atoms with E-state index in [0.717, 1.165) is 18.4 Å². The van der Waals surface area contributed by atoms with E-state index < -0.39 is 81.8 Å². The number of H-pyrrole nitrogens is 1. The summed E-state index contributed by atoms with van der Waals surface area (Å²) in [5.74, 6) is -0.970. The number of aliphatic hydroxyl groups excluding tert-OH is 3. The lowest BCUT2D eigenvalue weighted by atomic mass is 9.92. The number of carbonyl (C=O) groups is 1. The molecule has 1 aromatic heterocycles. The molecule has 36 heavy (non-hydrogen) atoms. The molecule has 1 aromatic rings. The Morgan fingerprint density at radius 3 is 2.47 bits per heavy atom. The average molecular weight is 558 g/mol. The van der Waals surface area contributed by atoms with Crippen molar-refractivity contribution < 1.29 is 61.9 Å². The summed E-state index contributed by atoms with van der Waals surface area (Å²) >= 11 is 0. The number of aryl methyl sites for hydroxylation is 1. The maximum Gasteiger partial charge on any atom is 0.330 e. The number of hydrogen-bond donors (Lipinski definition) is 4. The summed E-state index contributed by atoms with van der Waals surface area (Å²) in [7, 11) is -11.5. The lowest BCUT2D eigenvalue weighted by Gasteiger charge is -2.42. The molecule has 0 spiro atoms. The number of carbonyl (C=O) groups excluding carboxylic acids is 1. The van der Waals surface area contributed by atoms with Crippen LogP contribution in [0.5, 0.6) is 0 Å². The Morgan fingerprint density at radius 1 is 1.19 bits per heavy atom. The second kappa shape index (κ2) is 10.3. The summed E-state index contributed by atoms with van der Waals surface area (Å²) in [5, 5.41) is 29.7. The molecule has 2 aliphatic heterocycles. The number of nitrogens with one attached hydrogen (secondary N) is 1. The third kappa shape index (κ3) is 6.45. The highest BCUT2D eigenvalue weighted by Gasteiger charge is 2.50. The lowest BCUT2D eigenvalue weighted by molar-refractivity contribution is -0.286. The number of aromatic nitrogens is 2. The van der Waals surface area contributed by atoms with Crippen LogP contribution >= 0.6 is 15.6 Å². The summed E-state index contributed by atoms with van der Waals surface area (Å²) in [6.45, 7) is 2.80. The standard InChI is InChI=1S/C17H26N2O15P2/c1-7-5-19(16(25)18-14(7)24)10-4-8(20)9(31-10)6-30-35(26,27)34-36(28,29)33-15-12(22)11(21)13(23)17(2,3)32-15/h5,8-12,15,20-22H,4,6H2,1-3H3,(H,26,27)(H,28,29)(H,18,24,25)/p-2/t8-,9+,10+,11-,12+,15+/m0/s1. The Balaban J connectivity index is 1.61. The summed E-state index contributed by atoms with van der Waals surface area (Å²) in [5.41, 5.74) is -3.07. The lowest BCUT2D eigenvalue weighted by Crippen LogP contribution is -2.60. The first-order valence-corrected chi connectivity index (χ1v) is 13.2. The van der Waals surface area contributed by atoms with E-state index in [1.165, 1.54) is 13.1 Å². The van der Waals surface area contributed by atoms with Gasteiger partial charge in [-0.2, -0.15) is 0 Å². The third-order valence-electron chi connectivity index (χ3n) is 5.37. The molecule has 0 aliphatic carbocycles. The fourth-order valence-corrected chi connectivity index (χ4v) is 5.53. The largest absolute Gasteiger partial charge is 0.756 e. The average Bonchev–Trinajstić information content (AvgIpc) is 3.11. The Morgan fingerprint density at radius 2 is 1.83 bits per heavy atom. The molecule has 0 amide bonds. The van der Waals surface area contributed by atoms with Crippen molar-refractivity contribution in [2.75, 3.05) is 6.61 Å². The van der Waals surface area contributed by atoms with E-state index in [4.69, 9.17) is 9.47 Å². The Hall–Kier alpha value is -1.59. The van der Waals surface area contributed by atoms with Gasteiger partial charge in [0.2, 0.25) is 0 Å². The first kappa shape index (κ1) is 29.0. The SMILES string of the molecule is Cc1cn([C@H]2C[C@H](O)[C@@H](COP(=O)([O-])OP(=O)([O-])O[C@H]3OC(C)(C)C(=O)[C@@H](O)[C@H]3O)O2)c(=O)[nH]c1=O. The Bertz CT molecular complexity index is 1210. The number of phosphoric ester groups is 2.